The molecule has 1 aromatic carbocycles. The molecule has 0 aliphatic rings. The zero-order chi connectivity index (χ0) is 20.5. The molecule has 0 bridgehead atoms. The van der Waals surface area contributed by atoms with Gasteiger partial charge in [0.2, 0.25) is 0 Å². The number of aliphatic hydroxyl groups is 2. The van der Waals surface area contributed by atoms with Crippen LogP contribution >= 0.6 is 0 Å². The molecule has 6 nitrogen and oxygen atoms in total. The fourth-order valence-electron chi connectivity index (χ4n) is 2.67. The van der Waals surface area contributed by atoms with E-state index in [4.69, 9.17) is 9.47 Å². The average Bonchev–Trinajstić information content (AvgIpc) is 2.69. The van der Waals surface area contributed by atoms with Gasteiger partial charge in [0.05, 0.1) is 25.4 Å². The molecule has 0 amide bonds. The molecule has 28 heavy (non-hydrogen) atoms. The van der Waals surface area contributed by atoms with Crippen molar-refractivity contribution in [1.82, 2.24) is 10.6 Å². The zero-order valence-electron chi connectivity index (χ0n) is 17.7. The molecular weight excluding hydrogens is 356 g/mol. The molecule has 0 heterocycles. The molecule has 1 aromatic rings. The van der Waals surface area contributed by atoms with Crippen LogP contribution in [0.4, 0.5) is 0 Å². The molecule has 0 saturated heterocycles. The lowest BCUT2D eigenvalue weighted by atomic mass is 10.1. The summed E-state index contributed by atoms with van der Waals surface area (Å²) in [4.78, 5) is 0. The first-order valence-electron chi connectivity index (χ1n) is 10.7. The summed E-state index contributed by atoms with van der Waals surface area (Å²) < 4.78 is 10.9. The van der Waals surface area contributed by atoms with Gasteiger partial charge < -0.3 is 30.3 Å². The summed E-state index contributed by atoms with van der Waals surface area (Å²) >= 11 is 0. The van der Waals surface area contributed by atoms with Crippen LogP contribution in [0.2, 0.25) is 0 Å². The fraction of sp³-hybridized carbons (Fsp3) is 0.727. The second-order valence-electron chi connectivity index (χ2n) is 7.25. The number of hydrogen-bond donors (Lipinski definition) is 4. The van der Waals surface area contributed by atoms with E-state index in [1.165, 1.54) is 11.1 Å². The summed E-state index contributed by atoms with van der Waals surface area (Å²) in [6.07, 6.45) is 3.30. The zero-order valence-corrected chi connectivity index (χ0v) is 17.7. The van der Waals surface area contributed by atoms with Gasteiger partial charge in [-0.3, -0.25) is 0 Å². The van der Waals surface area contributed by atoms with Crippen molar-refractivity contribution in [3.8, 4) is 0 Å². The van der Waals surface area contributed by atoms with Gasteiger partial charge in [0.1, 0.15) is 0 Å². The highest BCUT2D eigenvalue weighted by atomic mass is 16.5. The number of hydrogen-bond acceptors (Lipinski definition) is 6. The SMILES string of the molecule is CCCCOCC(O)CNCc1cccc(CNCC(O)COCCCC)c1. The van der Waals surface area contributed by atoms with Crippen molar-refractivity contribution in [2.24, 2.45) is 0 Å². The lowest BCUT2D eigenvalue weighted by molar-refractivity contribution is 0.0357. The van der Waals surface area contributed by atoms with Crippen LogP contribution < -0.4 is 10.6 Å². The lowest BCUT2D eigenvalue weighted by Gasteiger charge is -2.14. The van der Waals surface area contributed by atoms with E-state index in [1.807, 2.05) is 6.07 Å². The Bertz CT molecular complexity index is 448. The third-order valence-corrected chi connectivity index (χ3v) is 4.31. The molecule has 0 spiro atoms. The van der Waals surface area contributed by atoms with E-state index in [0.717, 1.165) is 25.7 Å². The van der Waals surface area contributed by atoms with Gasteiger partial charge in [0.25, 0.3) is 0 Å². The maximum atomic E-state index is 9.91. The molecule has 162 valence electrons. The monoisotopic (exact) mass is 396 g/mol. The first-order valence-corrected chi connectivity index (χ1v) is 10.7. The van der Waals surface area contributed by atoms with Gasteiger partial charge in [-0.05, 0) is 24.0 Å². The standard InChI is InChI=1S/C22H40N2O4/c1-3-5-10-27-17-21(25)15-23-13-19-8-7-9-20(12-19)14-24-16-22(26)18-28-11-6-4-2/h7-9,12,21-26H,3-6,10-11,13-18H2,1-2H3. The van der Waals surface area contributed by atoms with Crippen LogP contribution in [0.25, 0.3) is 0 Å². The second-order valence-corrected chi connectivity index (χ2v) is 7.25. The van der Waals surface area contributed by atoms with Gasteiger partial charge in [-0.15, -0.1) is 0 Å². The molecule has 6 heteroatoms. The van der Waals surface area contributed by atoms with Crippen LogP contribution in [0.5, 0.6) is 0 Å². The van der Waals surface area contributed by atoms with Gasteiger partial charge in [-0.1, -0.05) is 51.0 Å². The van der Waals surface area contributed by atoms with E-state index in [2.05, 4.69) is 42.7 Å². The normalized spacial score (nSPS) is 13.6. The van der Waals surface area contributed by atoms with Crippen LogP contribution in [0.1, 0.15) is 50.7 Å². The predicted molar refractivity (Wildman–Crippen MR) is 113 cm³/mol. The maximum absolute atomic E-state index is 9.91. The van der Waals surface area contributed by atoms with Crippen LogP contribution in [0, 0.1) is 0 Å². The van der Waals surface area contributed by atoms with Crippen molar-refractivity contribution < 1.29 is 19.7 Å². The number of unbranched alkanes of at least 4 members (excludes halogenated alkanes) is 2. The molecule has 0 aliphatic carbocycles. The number of nitrogens with one attached hydrogen (secondary N) is 2. The summed E-state index contributed by atoms with van der Waals surface area (Å²) in [7, 11) is 0. The van der Waals surface area contributed by atoms with Crippen LogP contribution in [-0.2, 0) is 22.6 Å². The van der Waals surface area contributed by atoms with E-state index in [-0.39, 0.29) is 0 Å². The number of aliphatic hydroxyl groups excluding tert-OH is 2. The number of benzene rings is 1. The Hall–Kier alpha value is -1.02. The molecule has 0 aromatic heterocycles. The van der Waals surface area contributed by atoms with Crippen LogP contribution in [-0.4, -0.2) is 61.9 Å². The minimum Gasteiger partial charge on any atom is -0.389 e. The van der Waals surface area contributed by atoms with Crippen molar-refractivity contribution in [2.75, 3.05) is 39.5 Å². The van der Waals surface area contributed by atoms with Crippen molar-refractivity contribution in [3.63, 3.8) is 0 Å². The van der Waals surface area contributed by atoms with Gasteiger partial charge in [0.15, 0.2) is 0 Å². The van der Waals surface area contributed by atoms with Crippen molar-refractivity contribution in [3.05, 3.63) is 35.4 Å². The number of rotatable bonds is 18. The third-order valence-electron chi connectivity index (χ3n) is 4.31. The first-order chi connectivity index (χ1) is 13.7. The molecule has 0 aliphatic heterocycles. The average molecular weight is 397 g/mol. The van der Waals surface area contributed by atoms with Gasteiger partial charge >= 0.3 is 0 Å². The second kappa shape index (κ2) is 16.9. The summed E-state index contributed by atoms with van der Waals surface area (Å²) in [5.41, 5.74) is 2.34. The van der Waals surface area contributed by atoms with Crippen molar-refractivity contribution in [1.29, 1.82) is 0 Å². The summed E-state index contributed by atoms with van der Waals surface area (Å²) in [6, 6.07) is 8.30. The smallest absolute Gasteiger partial charge is 0.0897 e. The molecule has 1 rings (SSSR count). The third kappa shape index (κ3) is 13.2. The Morgan fingerprint density at radius 2 is 1.29 bits per heavy atom. The summed E-state index contributed by atoms with van der Waals surface area (Å²) in [5.74, 6) is 0. The first kappa shape index (κ1) is 25.0. The Morgan fingerprint density at radius 3 is 1.71 bits per heavy atom. The highest BCUT2D eigenvalue weighted by Crippen LogP contribution is 2.05. The fourth-order valence-corrected chi connectivity index (χ4v) is 2.67. The molecule has 0 saturated carbocycles. The van der Waals surface area contributed by atoms with E-state index in [9.17, 15) is 10.2 Å². The molecule has 4 N–H and O–H groups in total. The minimum atomic E-state index is -0.484. The van der Waals surface area contributed by atoms with Crippen molar-refractivity contribution in [2.45, 2.75) is 64.8 Å². The Labute approximate surface area is 170 Å². The topological polar surface area (TPSA) is 83.0 Å². The van der Waals surface area contributed by atoms with Crippen molar-refractivity contribution >= 4 is 0 Å². The summed E-state index contributed by atoms with van der Waals surface area (Å²) in [6.45, 7) is 8.85. The van der Waals surface area contributed by atoms with Gasteiger partial charge in [0, 0.05) is 39.4 Å². The van der Waals surface area contributed by atoms with E-state index < -0.39 is 12.2 Å². The maximum Gasteiger partial charge on any atom is 0.0897 e. The quantitative estimate of drug-likeness (QED) is 0.285. The molecule has 2 unspecified atom stereocenters. The van der Waals surface area contributed by atoms with Crippen LogP contribution in [0.3, 0.4) is 0 Å². The summed E-state index contributed by atoms with van der Waals surface area (Å²) in [5, 5.41) is 26.4. The van der Waals surface area contributed by atoms with Crippen LogP contribution in [0.15, 0.2) is 24.3 Å². The van der Waals surface area contributed by atoms with E-state index in [0.29, 0.717) is 52.6 Å². The highest BCUT2D eigenvalue weighted by Gasteiger charge is 2.05. The molecule has 2 atom stereocenters. The van der Waals surface area contributed by atoms with Gasteiger partial charge in [-0.25, -0.2) is 0 Å². The lowest BCUT2D eigenvalue weighted by Crippen LogP contribution is -2.30. The van der Waals surface area contributed by atoms with Gasteiger partial charge in [-0.2, -0.15) is 0 Å². The molecule has 0 fully saturated rings. The molecule has 0 radical (unpaired) electrons. The minimum absolute atomic E-state index is 0.376. The Morgan fingerprint density at radius 1 is 0.821 bits per heavy atom. The van der Waals surface area contributed by atoms with E-state index >= 15 is 0 Å². The Kier molecular flexibility index (Phi) is 15.1. The number of ether oxygens (including phenoxy) is 2. The molecular formula is C22H40N2O4. The Balaban J connectivity index is 2.17. The highest BCUT2D eigenvalue weighted by molar-refractivity contribution is 5.23. The predicted octanol–water partition coefficient (Wildman–Crippen LogP) is 2.22. The van der Waals surface area contributed by atoms with E-state index in [1.54, 1.807) is 0 Å². The largest absolute Gasteiger partial charge is 0.389 e.